The van der Waals surface area contributed by atoms with E-state index in [0.29, 0.717) is 28.0 Å². The Labute approximate surface area is 181 Å². The molecule has 0 radical (unpaired) electrons. The fourth-order valence-electron chi connectivity index (χ4n) is 3.24. The van der Waals surface area contributed by atoms with Crippen molar-refractivity contribution in [3.05, 3.63) is 53.6 Å². The second-order valence-electron chi connectivity index (χ2n) is 6.75. The monoisotopic (exact) mass is 437 g/mol. The van der Waals surface area contributed by atoms with E-state index in [0.717, 1.165) is 11.4 Å². The van der Waals surface area contributed by atoms with Crippen LogP contribution in [0.4, 0.5) is 5.69 Å². The van der Waals surface area contributed by atoms with E-state index in [2.05, 4.69) is 36.0 Å². The second kappa shape index (κ2) is 8.52. The third-order valence-corrected chi connectivity index (χ3v) is 5.45. The fraction of sp³-hybridized carbons (Fsp3) is 0.211. The number of aromatic amines is 1. The molecule has 0 aliphatic rings. The minimum absolute atomic E-state index is 0.0505. The average Bonchev–Trinajstić information content (AvgIpc) is 3.46. The molecule has 0 unspecified atom stereocenters. The van der Waals surface area contributed by atoms with Crippen molar-refractivity contribution >= 4 is 29.1 Å². The molecule has 4 rings (SSSR count). The zero-order chi connectivity index (χ0) is 22.0. The lowest BCUT2D eigenvalue weighted by Crippen LogP contribution is -2.08. The molecular weight excluding hydrogens is 418 g/mol. The molecule has 158 valence electrons. The molecule has 31 heavy (non-hydrogen) atoms. The van der Waals surface area contributed by atoms with Crippen molar-refractivity contribution in [1.29, 1.82) is 0 Å². The van der Waals surface area contributed by atoms with E-state index in [1.54, 1.807) is 18.2 Å². The van der Waals surface area contributed by atoms with Crippen molar-refractivity contribution in [1.82, 2.24) is 40.0 Å². The van der Waals surface area contributed by atoms with Gasteiger partial charge < -0.3 is 5.32 Å². The number of rotatable bonds is 7. The number of aryl methyl sites for hydroxylation is 1. The summed E-state index contributed by atoms with van der Waals surface area (Å²) in [6.07, 6.45) is 1.42. The predicted octanol–water partition coefficient (Wildman–Crippen LogP) is 2.12. The van der Waals surface area contributed by atoms with Gasteiger partial charge in [-0.2, -0.15) is 14.8 Å². The molecule has 3 heterocycles. The quantitative estimate of drug-likeness (QED) is 0.331. The van der Waals surface area contributed by atoms with Gasteiger partial charge in [0.2, 0.25) is 17.0 Å². The molecular formula is C19H19N9O2S. The number of aromatic nitrogens is 8. The van der Waals surface area contributed by atoms with E-state index in [-0.39, 0.29) is 17.4 Å². The fourth-order valence-corrected chi connectivity index (χ4v) is 4.01. The molecule has 0 spiro atoms. The topological polar surface area (TPSA) is 136 Å². The molecule has 0 saturated heterocycles. The molecule has 0 fully saturated rings. The summed E-state index contributed by atoms with van der Waals surface area (Å²) in [4.78, 5) is 28.4. The molecule has 4 aromatic rings. The van der Waals surface area contributed by atoms with Crippen molar-refractivity contribution in [2.75, 3.05) is 11.1 Å². The largest absolute Gasteiger partial charge is 0.326 e. The Hall–Kier alpha value is -3.80. The van der Waals surface area contributed by atoms with Crippen LogP contribution >= 0.6 is 11.8 Å². The molecule has 12 heteroatoms. The van der Waals surface area contributed by atoms with Gasteiger partial charge in [-0.3, -0.25) is 14.2 Å². The van der Waals surface area contributed by atoms with Gasteiger partial charge in [0.05, 0.1) is 11.4 Å². The number of H-pyrrole nitrogens is 1. The van der Waals surface area contributed by atoms with Crippen LogP contribution < -0.4 is 5.32 Å². The highest BCUT2D eigenvalue weighted by atomic mass is 32.2. The van der Waals surface area contributed by atoms with Gasteiger partial charge in [-0.25, -0.2) is 5.10 Å². The summed E-state index contributed by atoms with van der Waals surface area (Å²) in [5.41, 5.74) is 3.57. The molecule has 11 nitrogen and oxygen atoms in total. The predicted molar refractivity (Wildman–Crippen MR) is 114 cm³/mol. The van der Waals surface area contributed by atoms with Gasteiger partial charge >= 0.3 is 0 Å². The molecule has 1 amide bonds. The first-order chi connectivity index (χ1) is 14.9. The molecule has 1 aromatic carbocycles. The lowest BCUT2D eigenvalue weighted by molar-refractivity contribution is -0.114. The van der Waals surface area contributed by atoms with Gasteiger partial charge in [0.25, 0.3) is 0 Å². The summed E-state index contributed by atoms with van der Waals surface area (Å²) < 4.78 is 3.38. The molecule has 0 atom stereocenters. The Morgan fingerprint density at radius 1 is 1.23 bits per heavy atom. The third kappa shape index (κ3) is 4.23. The highest BCUT2D eigenvalue weighted by Gasteiger charge is 2.19. The minimum Gasteiger partial charge on any atom is -0.326 e. The number of carbonyl (C=O) groups is 2. The first kappa shape index (κ1) is 20.5. The number of tetrazole rings is 1. The van der Waals surface area contributed by atoms with Crippen LogP contribution in [0.2, 0.25) is 0 Å². The van der Waals surface area contributed by atoms with E-state index in [9.17, 15) is 9.59 Å². The van der Waals surface area contributed by atoms with Gasteiger partial charge in [-0.15, -0.1) is 5.10 Å². The molecule has 0 bridgehead atoms. The number of hydrogen-bond acceptors (Lipinski definition) is 8. The summed E-state index contributed by atoms with van der Waals surface area (Å²) in [6.45, 7) is 5.21. The van der Waals surface area contributed by atoms with Crippen LogP contribution in [0.5, 0.6) is 0 Å². The van der Waals surface area contributed by atoms with Crippen molar-refractivity contribution < 1.29 is 9.59 Å². The van der Waals surface area contributed by atoms with Gasteiger partial charge in [-0.1, -0.05) is 17.8 Å². The Bertz CT molecular complexity index is 1240. The zero-order valence-electron chi connectivity index (χ0n) is 17.0. The molecule has 2 N–H and O–H groups in total. The number of benzene rings is 1. The normalized spacial score (nSPS) is 10.9. The lowest BCUT2D eigenvalue weighted by atomic mass is 10.2. The van der Waals surface area contributed by atoms with Crippen LogP contribution in [0, 0.1) is 13.8 Å². The maximum atomic E-state index is 12.9. The summed E-state index contributed by atoms with van der Waals surface area (Å²) in [6, 6.07) is 8.98. The standard InChI is InChI=1S/C19H19N9O2S/c1-11-7-16(12(2)27(11)18-20-10-21-23-18)17(30)9-31-19-24-25-26-28(19)15-6-4-5-14(8-15)22-13(3)29/h4-8,10H,9H2,1-3H3,(H,22,29)(H,20,21,23). The van der Waals surface area contributed by atoms with Gasteiger partial charge in [0, 0.05) is 29.6 Å². The Kier molecular flexibility index (Phi) is 5.62. The van der Waals surface area contributed by atoms with Crippen LogP contribution in [0.3, 0.4) is 0 Å². The van der Waals surface area contributed by atoms with E-state index < -0.39 is 0 Å². The number of hydrogen-bond donors (Lipinski definition) is 2. The number of Topliss-reactive ketones (excluding diaryl/α,β-unsaturated/α-hetero) is 1. The number of ketones is 1. The Balaban J connectivity index is 1.52. The van der Waals surface area contributed by atoms with E-state index >= 15 is 0 Å². The van der Waals surface area contributed by atoms with Crippen LogP contribution in [-0.2, 0) is 4.79 Å². The molecule has 0 aliphatic carbocycles. The highest BCUT2D eigenvalue weighted by Crippen LogP contribution is 2.24. The Morgan fingerprint density at radius 2 is 2.06 bits per heavy atom. The number of nitrogens with one attached hydrogen (secondary N) is 2. The highest BCUT2D eigenvalue weighted by molar-refractivity contribution is 7.99. The number of anilines is 1. The van der Waals surface area contributed by atoms with Crippen LogP contribution in [-0.4, -0.2) is 57.4 Å². The maximum Gasteiger partial charge on any atom is 0.229 e. The third-order valence-electron chi connectivity index (χ3n) is 4.53. The first-order valence-corrected chi connectivity index (χ1v) is 10.3. The lowest BCUT2D eigenvalue weighted by Gasteiger charge is -2.07. The van der Waals surface area contributed by atoms with Crippen molar-refractivity contribution in [2.24, 2.45) is 0 Å². The smallest absolute Gasteiger partial charge is 0.229 e. The van der Waals surface area contributed by atoms with Crippen LogP contribution in [0.1, 0.15) is 28.7 Å². The zero-order valence-corrected chi connectivity index (χ0v) is 17.8. The molecule has 0 saturated carbocycles. The van der Waals surface area contributed by atoms with Gasteiger partial charge in [0.15, 0.2) is 5.78 Å². The average molecular weight is 437 g/mol. The summed E-state index contributed by atoms with van der Waals surface area (Å²) in [7, 11) is 0. The SMILES string of the molecule is CC(=O)Nc1cccc(-n2nnnc2SCC(=O)c2cc(C)n(-c3ncn[nH]3)c2C)c1. The molecule has 3 aromatic heterocycles. The van der Waals surface area contributed by atoms with Crippen LogP contribution in [0.25, 0.3) is 11.6 Å². The van der Waals surface area contributed by atoms with Crippen molar-refractivity contribution in [3.63, 3.8) is 0 Å². The number of nitrogens with zero attached hydrogens (tertiary/aromatic N) is 7. The minimum atomic E-state index is -0.169. The number of thioether (sulfide) groups is 1. The first-order valence-electron chi connectivity index (χ1n) is 9.31. The van der Waals surface area contributed by atoms with Gasteiger partial charge in [-0.05, 0) is 48.5 Å². The van der Waals surface area contributed by atoms with E-state index in [1.165, 1.54) is 29.7 Å². The van der Waals surface area contributed by atoms with Gasteiger partial charge in [0.1, 0.15) is 6.33 Å². The maximum absolute atomic E-state index is 12.9. The summed E-state index contributed by atoms with van der Waals surface area (Å²) in [5, 5.41) is 21.7. The van der Waals surface area contributed by atoms with E-state index in [1.807, 2.05) is 30.5 Å². The van der Waals surface area contributed by atoms with Crippen molar-refractivity contribution in [3.8, 4) is 11.6 Å². The van der Waals surface area contributed by atoms with Crippen LogP contribution in [0.15, 0.2) is 41.8 Å². The number of amides is 1. The Morgan fingerprint density at radius 3 is 2.81 bits per heavy atom. The summed E-state index contributed by atoms with van der Waals surface area (Å²) in [5.74, 6) is 0.499. The van der Waals surface area contributed by atoms with Crippen molar-refractivity contribution in [2.45, 2.75) is 25.9 Å². The van der Waals surface area contributed by atoms with E-state index in [4.69, 9.17) is 0 Å². The number of carbonyl (C=O) groups excluding carboxylic acids is 2. The summed E-state index contributed by atoms with van der Waals surface area (Å²) >= 11 is 1.24. The second-order valence-corrected chi connectivity index (χ2v) is 7.69. The molecule has 0 aliphatic heterocycles.